The quantitative estimate of drug-likeness (QED) is 0.483. The summed E-state index contributed by atoms with van der Waals surface area (Å²) < 4.78 is 50.3. The minimum atomic E-state index is -4.55. The number of carbonyl (C=O) groups is 1. The number of nitrogens with zero attached hydrogens (tertiary/aromatic N) is 3. The zero-order valence-electron chi connectivity index (χ0n) is 19.4. The third-order valence-electron chi connectivity index (χ3n) is 5.59. The third kappa shape index (κ3) is 6.62. The molecule has 1 aromatic carbocycles. The molecule has 2 N–H and O–H groups in total. The maximum atomic E-state index is 13.0. The van der Waals surface area contributed by atoms with Crippen LogP contribution in [-0.2, 0) is 15.7 Å². The first kappa shape index (κ1) is 25.2. The summed E-state index contributed by atoms with van der Waals surface area (Å²) in [6.07, 6.45) is 0.442. The molecule has 1 atom stereocenters. The molecule has 3 aromatic rings. The van der Waals surface area contributed by atoms with Gasteiger partial charge in [0.15, 0.2) is 0 Å². The highest BCUT2D eigenvalue weighted by atomic mass is 19.4. The van der Waals surface area contributed by atoms with Crippen LogP contribution in [0.3, 0.4) is 0 Å². The summed E-state index contributed by atoms with van der Waals surface area (Å²) in [5.41, 5.74) is 0.203. The minimum absolute atomic E-state index is 0.00786. The van der Waals surface area contributed by atoms with Crippen molar-refractivity contribution in [3.63, 3.8) is 0 Å². The van der Waals surface area contributed by atoms with E-state index in [1.54, 1.807) is 37.6 Å². The molecule has 1 saturated heterocycles. The fourth-order valence-electron chi connectivity index (χ4n) is 3.71. The predicted octanol–water partition coefficient (Wildman–Crippen LogP) is 3.58. The van der Waals surface area contributed by atoms with Crippen molar-refractivity contribution in [2.75, 3.05) is 38.7 Å². The number of rotatable bonds is 7. The first-order chi connectivity index (χ1) is 17.3. The number of pyridine rings is 1. The molecule has 1 fully saturated rings. The lowest BCUT2D eigenvalue weighted by atomic mass is 10.1. The Balaban J connectivity index is 1.51. The lowest BCUT2D eigenvalue weighted by Gasteiger charge is -2.17. The van der Waals surface area contributed by atoms with Gasteiger partial charge < -0.3 is 19.8 Å². The molecule has 36 heavy (non-hydrogen) atoms. The van der Waals surface area contributed by atoms with Crippen molar-refractivity contribution in [2.24, 2.45) is 0 Å². The smallest absolute Gasteiger partial charge is 0.432 e. The van der Waals surface area contributed by atoms with Gasteiger partial charge >= 0.3 is 12.1 Å². The van der Waals surface area contributed by atoms with Gasteiger partial charge in [0, 0.05) is 56.2 Å². The Bertz CT molecular complexity index is 1250. The van der Waals surface area contributed by atoms with E-state index in [0.29, 0.717) is 30.0 Å². The molecule has 1 aliphatic rings. The van der Waals surface area contributed by atoms with Crippen LogP contribution in [0.1, 0.15) is 17.7 Å². The van der Waals surface area contributed by atoms with Gasteiger partial charge in [0.25, 0.3) is 0 Å². The topological polar surface area (TPSA) is 92.4 Å². The molecule has 1 aliphatic heterocycles. The maximum absolute atomic E-state index is 13.0. The number of aromatic amines is 1. The number of aromatic nitrogens is 3. The standard InChI is InChI=1S/C25H24F3N5O3/c1-35-19-8-10-33(16-19)11-12-36-21-6-5-18(24-30-15-22(32-24)25(26,27)28)13-20(21)31-23(34)7-4-17-3-2-9-29-14-17/h2-3,5-6,9,13-15,19H,8,10-12,16H2,1H3,(H,30,32)(H,31,34). The number of imidazole rings is 1. The van der Waals surface area contributed by atoms with E-state index in [9.17, 15) is 18.0 Å². The monoisotopic (exact) mass is 499 g/mol. The molecule has 0 bridgehead atoms. The minimum Gasteiger partial charge on any atom is -0.490 e. The summed E-state index contributed by atoms with van der Waals surface area (Å²) in [6, 6.07) is 8.06. The number of anilines is 1. The summed E-state index contributed by atoms with van der Waals surface area (Å²) in [5, 5.41) is 2.67. The fourth-order valence-corrected chi connectivity index (χ4v) is 3.71. The molecule has 0 radical (unpaired) electrons. The molecule has 188 valence electrons. The molecule has 8 nitrogen and oxygen atoms in total. The van der Waals surface area contributed by atoms with Gasteiger partial charge in [-0.1, -0.05) is 5.92 Å². The molecule has 1 unspecified atom stereocenters. The van der Waals surface area contributed by atoms with Crippen LogP contribution in [-0.4, -0.2) is 65.2 Å². The molecular weight excluding hydrogens is 475 g/mol. The van der Waals surface area contributed by atoms with Crippen molar-refractivity contribution < 1.29 is 27.4 Å². The van der Waals surface area contributed by atoms with Crippen LogP contribution in [0, 0.1) is 11.8 Å². The van der Waals surface area contributed by atoms with Gasteiger partial charge in [0.1, 0.15) is 23.9 Å². The van der Waals surface area contributed by atoms with Crippen molar-refractivity contribution >= 4 is 11.6 Å². The molecule has 0 saturated carbocycles. The number of alkyl halides is 3. The number of amides is 1. The summed E-state index contributed by atoms with van der Waals surface area (Å²) in [7, 11) is 1.69. The molecule has 0 spiro atoms. The number of hydrogen-bond donors (Lipinski definition) is 2. The second kappa shape index (κ2) is 11.2. The Hall–Kier alpha value is -3.88. The highest BCUT2D eigenvalue weighted by molar-refractivity contribution is 6.05. The number of ether oxygens (including phenoxy) is 2. The van der Waals surface area contributed by atoms with Gasteiger partial charge in [-0.15, -0.1) is 0 Å². The van der Waals surface area contributed by atoms with Crippen molar-refractivity contribution in [2.45, 2.75) is 18.7 Å². The Morgan fingerprint density at radius 2 is 2.17 bits per heavy atom. The van der Waals surface area contributed by atoms with Gasteiger partial charge in [-0.25, -0.2) is 4.98 Å². The van der Waals surface area contributed by atoms with Crippen LogP contribution >= 0.6 is 0 Å². The van der Waals surface area contributed by atoms with Crippen LogP contribution in [0.25, 0.3) is 11.4 Å². The summed E-state index contributed by atoms with van der Waals surface area (Å²) in [5.74, 6) is 4.95. The number of halogens is 3. The van der Waals surface area contributed by atoms with Crippen LogP contribution < -0.4 is 10.1 Å². The molecular formula is C25H24F3N5O3. The predicted molar refractivity (Wildman–Crippen MR) is 126 cm³/mol. The second-order valence-corrected chi connectivity index (χ2v) is 8.10. The SMILES string of the molecule is COC1CCN(CCOc2ccc(-c3ncc(C(F)(F)F)[nH]3)cc2NC(=O)C#Cc2cccnc2)C1. The molecule has 2 aromatic heterocycles. The number of likely N-dealkylation sites (tertiary alicyclic amines) is 1. The van der Waals surface area contributed by atoms with E-state index >= 15 is 0 Å². The summed E-state index contributed by atoms with van der Waals surface area (Å²) in [4.78, 5) is 24.8. The molecule has 3 heterocycles. The normalized spacial score (nSPS) is 15.8. The Morgan fingerprint density at radius 1 is 1.31 bits per heavy atom. The lowest BCUT2D eigenvalue weighted by Crippen LogP contribution is -2.27. The largest absolute Gasteiger partial charge is 0.490 e. The van der Waals surface area contributed by atoms with Gasteiger partial charge in [-0.05, 0) is 36.8 Å². The number of benzene rings is 1. The number of hydrogen-bond acceptors (Lipinski definition) is 6. The van der Waals surface area contributed by atoms with Crippen LogP contribution in [0.5, 0.6) is 5.75 Å². The van der Waals surface area contributed by atoms with Crippen molar-refractivity contribution in [3.05, 3.63) is 60.2 Å². The zero-order chi connectivity index (χ0) is 25.5. The van der Waals surface area contributed by atoms with Crippen LogP contribution in [0.4, 0.5) is 18.9 Å². The second-order valence-electron chi connectivity index (χ2n) is 8.10. The summed E-state index contributed by atoms with van der Waals surface area (Å²) >= 11 is 0. The van der Waals surface area contributed by atoms with Crippen molar-refractivity contribution in [1.82, 2.24) is 19.9 Å². The van der Waals surface area contributed by atoms with Crippen molar-refractivity contribution in [1.29, 1.82) is 0 Å². The maximum Gasteiger partial charge on any atom is 0.432 e. The molecule has 0 aliphatic carbocycles. The van der Waals surface area contributed by atoms with E-state index in [1.165, 1.54) is 12.3 Å². The fraction of sp³-hybridized carbons (Fsp3) is 0.320. The first-order valence-corrected chi connectivity index (χ1v) is 11.2. The van der Waals surface area contributed by atoms with E-state index in [0.717, 1.165) is 25.7 Å². The van der Waals surface area contributed by atoms with E-state index < -0.39 is 17.8 Å². The molecule has 4 rings (SSSR count). The average Bonchev–Trinajstić information content (AvgIpc) is 3.54. The van der Waals surface area contributed by atoms with Crippen molar-refractivity contribution in [3.8, 4) is 29.0 Å². The van der Waals surface area contributed by atoms with Crippen LogP contribution in [0.15, 0.2) is 48.9 Å². The molecule has 11 heteroatoms. The van der Waals surface area contributed by atoms with E-state index in [4.69, 9.17) is 9.47 Å². The Labute approximate surface area is 205 Å². The zero-order valence-corrected chi connectivity index (χ0v) is 19.4. The number of H-pyrrole nitrogens is 1. The van der Waals surface area contributed by atoms with Gasteiger partial charge in [0.2, 0.25) is 0 Å². The average molecular weight is 499 g/mol. The Kier molecular flexibility index (Phi) is 7.87. The highest BCUT2D eigenvalue weighted by Gasteiger charge is 2.33. The van der Waals surface area contributed by atoms with E-state index in [-0.39, 0.29) is 17.6 Å². The van der Waals surface area contributed by atoms with Crippen LogP contribution in [0.2, 0.25) is 0 Å². The third-order valence-corrected chi connectivity index (χ3v) is 5.59. The Morgan fingerprint density at radius 3 is 2.86 bits per heavy atom. The number of nitrogens with one attached hydrogen (secondary N) is 2. The van der Waals surface area contributed by atoms with E-state index in [1.807, 2.05) is 0 Å². The van der Waals surface area contributed by atoms with Gasteiger partial charge in [-0.3, -0.25) is 14.7 Å². The highest BCUT2D eigenvalue weighted by Crippen LogP contribution is 2.33. The summed E-state index contributed by atoms with van der Waals surface area (Å²) in [6.45, 7) is 2.71. The van der Waals surface area contributed by atoms with Gasteiger partial charge in [-0.2, -0.15) is 13.2 Å². The number of carbonyl (C=O) groups excluding carboxylic acids is 1. The number of methoxy groups -OCH3 is 1. The molecule has 1 amide bonds. The first-order valence-electron chi connectivity index (χ1n) is 11.2. The van der Waals surface area contributed by atoms with Gasteiger partial charge in [0.05, 0.1) is 18.0 Å². The van der Waals surface area contributed by atoms with E-state index in [2.05, 4.69) is 37.0 Å². The lowest BCUT2D eigenvalue weighted by molar-refractivity contribution is -0.140.